The van der Waals surface area contributed by atoms with Gasteiger partial charge < -0.3 is 10.6 Å². The Labute approximate surface area is 109 Å². The largest absolute Gasteiger partial charge is 0.362 e. The molecule has 0 aliphatic carbocycles. The number of hydrogen-bond acceptors (Lipinski definition) is 1. The summed E-state index contributed by atoms with van der Waals surface area (Å²) in [6.45, 7) is 2.80. The zero-order chi connectivity index (χ0) is 12.1. The Morgan fingerprint density at radius 1 is 1.38 bits per heavy atom. The molecule has 0 spiro atoms. The van der Waals surface area contributed by atoms with Gasteiger partial charge in [-0.15, -0.1) is 0 Å². The summed E-state index contributed by atoms with van der Waals surface area (Å²) < 4.78 is 13.1. The van der Waals surface area contributed by atoms with Gasteiger partial charge in [-0.1, -0.05) is 30.1 Å². The highest BCUT2D eigenvalue weighted by Gasteiger charge is 2.08. The number of hydrogen-bond donors (Lipinski definition) is 2. The molecule has 0 amide bonds. The van der Waals surface area contributed by atoms with Gasteiger partial charge in [-0.25, -0.2) is 4.39 Å². The van der Waals surface area contributed by atoms with Crippen molar-refractivity contribution in [3.8, 4) is 0 Å². The molecule has 16 heavy (non-hydrogen) atoms. The predicted octanol–water partition coefficient (Wildman–Crippen LogP) is 3.83. The molecular weight excluding hydrogens is 270 g/mol. The summed E-state index contributed by atoms with van der Waals surface area (Å²) in [4.78, 5) is 0. The standard InChI is InChI=1S/C10H11Cl2FN2S/c1-2-3-14-10(16)15-6-4-7(11)9(13)8(12)5-6/h4-5H,2-3H2,1H3,(H2,14,15,16). The number of anilines is 1. The first kappa shape index (κ1) is 13.5. The van der Waals surface area contributed by atoms with Crippen LogP contribution in [0.3, 0.4) is 0 Å². The quantitative estimate of drug-likeness (QED) is 0.650. The lowest BCUT2D eigenvalue weighted by atomic mass is 10.3. The van der Waals surface area contributed by atoms with Crippen LogP contribution in [0.25, 0.3) is 0 Å². The molecule has 6 heteroatoms. The van der Waals surface area contributed by atoms with E-state index in [0.717, 1.165) is 13.0 Å². The number of benzene rings is 1. The lowest BCUT2D eigenvalue weighted by Crippen LogP contribution is -2.28. The number of nitrogens with one attached hydrogen (secondary N) is 2. The van der Waals surface area contributed by atoms with Crippen LogP contribution in [0.4, 0.5) is 10.1 Å². The molecule has 88 valence electrons. The first-order valence-electron chi connectivity index (χ1n) is 4.74. The van der Waals surface area contributed by atoms with Crippen LogP contribution < -0.4 is 10.6 Å². The summed E-state index contributed by atoms with van der Waals surface area (Å²) >= 11 is 16.3. The maximum absolute atomic E-state index is 13.1. The number of halogens is 3. The molecule has 0 atom stereocenters. The molecule has 0 aliphatic heterocycles. The molecule has 0 radical (unpaired) electrons. The minimum Gasteiger partial charge on any atom is -0.362 e. The van der Waals surface area contributed by atoms with Gasteiger partial charge in [0.1, 0.15) is 0 Å². The van der Waals surface area contributed by atoms with Crippen LogP contribution in [0.5, 0.6) is 0 Å². The highest BCUT2D eigenvalue weighted by molar-refractivity contribution is 7.80. The van der Waals surface area contributed by atoms with Gasteiger partial charge in [0.25, 0.3) is 0 Å². The summed E-state index contributed by atoms with van der Waals surface area (Å²) in [6.07, 6.45) is 0.965. The normalized spacial score (nSPS) is 10.0. The van der Waals surface area contributed by atoms with E-state index in [9.17, 15) is 4.39 Å². The molecule has 1 aromatic rings. The molecular formula is C10H11Cl2FN2S. The highest BCUT2D eigenvalue weighted by atomic mass is 35.5. The summed E-state index contributed by atoms with van der Waals surface area (Å²) in [5, 5.41) is 6.24. The van der Waals surface area contributed by atoms with Crippen LogP contribution in [0.2, 0.25) is 10.0 Å². The van der Waals surface area contributed by atoms with E-state index in [1.165, 1.54) is 12.1 Å². The van der Waals surface area contributed by atoms with Gasteiger partial charge in [-0.05, 0) is 30.8 Å². The first-order chi connectivity index (χ1) is 7.54. The van der Waals surface area contributed by atoms with Crippen molar-refractivity contribution in [2.45, 2.75) is 13.3 Å². The maximum Gasteiger partial charge on any atom is 0.170 e. The monoisotopic (exact) mass is 280 g/mol. The Morgan fingerprint density at radius 2 is 1.94 bits per heavy atom. The van der Waals surface area contributed by atoms with Gasteiger partial charge in [0.15, 0.2) is 10.9 Å². The average Bonchev–Trinajstić information content (AvgIpc) is 2.23. The molecule has 1 rings (SSSR count). The minimum atomic E-state index is -0.624. The second-order valence-electron chi connectivity index (χ2n) is 3.13. The minimum absolute atomic E-state index is 0.0340. The van der Waals surface area contributed by atoms with Crippen LogP contribution in [-0.2, 0) is 0 Å². The maximum atomic E-state index is 13.1. The summed E-state index contributed by atoms with van der Waals surface area (Å²) in [5.74, 6) is -0.624. The van der Waals surface area contributed by atoms with E-state index in [-0.39, 0.29) is 10.0 Å². The average molecular weight is 281 g/mol. The topological polar surface area (TPSA) is 24.1 Å². The van der Waals surface area contributed by atoms with Crippen molar-refractivity contribution >= 4 is 46.2 Å². The van der Waals surface area contributed by atoms with E-state index in [1.54, 1.807) is 0 Å². The van der Waals surface area contributed by atoms with E-state index < -0.39 is 5.82 Å². The van der Waals surface area contributed by atoms with E-state index in [2.05, 4.69) is 10.6 Å². The molecule has 0 aromatic heterocycles. The molecule has 0 bridgehead atoms. The molecule has 0 heterocycles. The van der Waals surface area contributed by atoms with E-state index >= 15 is 0 Å². The molecule has 0 saturated carbocycles. The predicted molar refractivity (Wildman–Crippen MR) is 70.9 cm³/mol. The van der Waals surface area contributed by atoms with Crippen LogP contribution >= 0.6 is 35.4 Å². The third-order valence-electron chi connectivity index (χ3n) is 1.78. The third-order valence-corrected chi connectivity index (χ3v) is 2.57. The molecule has 1 aromatic carbocycles. The van der Waals surface area contributed by atoms with E-state index in [1.807, 2.05) is 6.92 Å². The fraction of sp³-hybridized carbons (Fsp3) is 0.300. The zero-order valence-electron chi connectivity index (χ0n) is 8.61. The Balaban J connectivity index is 2.71. The van der Waals surface area contributed by atoms with E-state index in [0.29, 0.717) is 10.8 Å². The van der Waals surface area contributed by atoms with Crippen molar-refractivity contribution < 1.29 is 4.39 Å². The Hall–Kier alpha value is -0.580. The van der Waals surface area contributed by atoms with Crippen molar-refractivity contribution in [3.05, 3.63) is 28.0 Å². The second kappa shape index (κ2) is 6.23. The number of thiocarbonyl (C=S) groups is 1. The van der Waals surface area contributed by atoms with Crippen molar-refractivity contribution in [2.75, 3.05) is 11.9 Å². The molecule has 2 N–H and O–H groups in total. The lowest BCUT2D eigenvalue weighted by molar-refractivity contribution is 0.629. The summed E-state index contributed by atoms with van der Waals surface area (Å²) in [6, 6.07) is 2.87. The lowest BCUT2D eigenvalue weighted by Gasteiger charge is -2.10. The molecule has 0 unspecified atom stereocenters. The van der Waals surface area contributed by atoms with Gasteiger partial charge in [0.05, 0.1) is 10.0 Å². The molecule has 0 fully saturated rings. The molecule has 0 aliphatic rings. The third kappa shape index (κ3) is 3.77. The SMILES string of the molecule is CCCNC(=S)Nc1cc(Cl)c(F)c(Cl)c1. The van der Waals surface area contributed by atoms with Crippen molar-refractivity contribution in [3.63, 3.8) is 0 Å². The van der Waals surface area contributed by atoms with Crippen molar-refractivity contribution in [1.82, 2.24) is 5.32 Å². The van der Waals surface area contributed by atoms with Crippen LogP contribution in [0, 0.1) is 5.82 Å². The smallest absolute Gasteiger partial charge is 0.170 e. The Kier molecular flexibility index (Phi) is 5.25. The Morgan fingerprint density at radius 3 is 2.44 bits per heavy atom. The van der Waals surface area contributed by atoms with Crippen LogP contribution in [0.15, 0.2) is 12.1 Å². The van der Waals surface area contributed by atoms with Gasteiger partial charge in [-0.2, -0.15) is 0 Å². The summed E-state index contributed by atoms with van der Waals surface area (Å²) in [5.41, 5.74) is 0.560. The second-order valence-corrected chi connectivity index (χ2v) is 4.36. The van der Waals surface area contributed by atoms with Crippen LogP contribution in [-0.4, -0.2) is 11.7 Å². The van der Waals surface area contributed by atoms with Gasteiger partial charge in [0.2, 0.25) is 0 Å². The van der Waals surface area contributed by atoms with Crippen molar-refractivity contribution in [2.24, 2.45) is 0 Å². The van der Waals surface area contributed by atoms with Gasteiger partial charge >= 0.3 is 0 Å². The van der Waals surface area contributed by atoms with Gasteiger partial charge in [-0.3, -0.25) is 0 Å². The fourth-order valence-electron chi connectivity index (χ4n) is 1.04. The fourth-order valence-corrected chi connectivity index (χ4v) is 1.75. The van der Waals surface area contributed by atoms with Gasteiger partial charge in [0, 0.05) is 12.2 Å². The molecule has 0 saturated heterocycles. The first-order valence-corrected chi connectivity index (χ1v) is 5.90. The van der Waals surface area contributed by atoms with Crippen LogP contribution in [0.1, 0.15) is 13.3 Å². The number of rotatable bonds is 3. The Bertz CT molecular complexity index is 375. The molecule has 2 nitrogen and oxygen atoms in total. The highest BCUT2D eigenvalue weighted by Crippen LogP contribution is 2.27. The van der Waals surface area contributed by atoms with Crippen molar-refractivity contribution in [1.29, 1.82) is 0 Å². The summed E-state index contributed by atoms with van der Waals surface area (Å²) in [7, 11) is 0. The van der Waals surface area contributed by atoms with E-state index in [4.69, 9.17) is 35.4 Å². The zero-order valence-corrected chi connectivity index (χ0v) is 10.9.